The van der Waals surface area contributed by atoms with E-state index in [2.05, 4.69) is 10.4 Å². The Morgan fingerprint density at radius 3 is 2.31 bits per heavy atom. The Hall–Kier alpha value is -3.49. The number of hydrogen-bond donors (Lipinski definition) is 2. The van der Waals surface area contributed by atoms with Gasteiger partial charge in [0.1, 0.15) is 5.56 Å². The molecule has 1 aliphatic carbocycles. The molecule has 0 aliphatic heterocycles. The summed E-state index contributed by atoms with van der Waals surface area (Å²) in [6, 6.07) is 18.6. The third-order valence-corrected chi connectivity index (χ3v) is 6.48. The van der Waals surface area contributed by atoms with Gasteiger partial charge in [-0.2, -0.15) is 5.10 Å². The van der Waals surface area contributed by atoms with Crippen molar-refractivity contribution in [2.45, 2.75) is 44.8 Å². The summed E-state index contributed by atoms with van der Waals surface area (Å²) in [5.41, 5.74) is 8.52. The van der Waals surface area contributed by atoms with Crippen LogP contribution in [0.1, 0.15) is 47.2 Å². The monoisotopic (exact) mass is 510 g/mol. The number of methoxy groups -OCH3 is 1. The first kappa shape index (κ1) is 27.1. The van der Waals surface area contributed by atoms with Gasteiger partial charge in [-0.25, -0.2) is 4.68 Å². The number of aromatic nitrogens is 2. The molecule has 1 aromatic heterocycles. The minimum atomic E-state index is -0.447. The third kappa shape index (κ3) is 6.38. The Morgan fingerprint density at radius 1 is 1.03 bits per heavy atom. The minimum absolute atomic E-state index is 0. The van der Waals surface area contributed by atoms with Gasteiger partial charge in [-0.15, -0.1) is 12.4 Å². The smallest absolute Gasteiger partial charge is 0.308 e. The number of halogens is 1. The molecule has 0 saturated heterocycles. The van der Waals surface area contributed by atoms with Crippen molar-refractivity contribution in [1.29, 1.82) is 0 Å². The maximum atomic E-state index is 13.3. The van der Waals surface area contributed by atoms with Crippen molar-refractivity contribution >= 4 is 24.3 Å². The van der Waals surface area contributed by atoms with Gasteiger partial charge in [0.05, 0.1) is 25.3 Å². The maximum absolute atomic E-state index is 13.3. The second-order valence-electron chi connectivity index (χ2n) is 8.84. The summed E-state index contributed by atoms with van der Waals surface area (Å²) in [7, 11) is 1.39. The minimum Gasteiger partial charge on any atom is -0.469 e. The Balaban J connectivity index is 0.00000361. The zero-order valence-corrected chi connectivity index (χ0v) is 21.0. The van der Waals surface area contributed by atoms with E-state index in [1.165, 1.54) is 11.8 Å². The van der Waals surface area contributed by atoms with E-state index < -0.39 is 11.5 Å². The van der Waals surface area contributed by atoms with E-state index in [1.807, 2.05) is 54.6 Å². The molecule has 0 bridgehead atoms. The quantitative estimate of drug-likeness (QED) is 0.471. The number of carbonyl (C=O) groups excluding carboxylic acids is 2. The standard InChI is InChI=1S/C27H30N4O4.ClH/c1-35-27(34)21-11-13-22(14-12-21)29-25(32)23-15-24(20-9-7-18(16-28)8-10-20)30-31(26(23)33)17-19-5-3-2-4-6-19;/h2-10,15,21-22H,11-14,16-17,28H2,1H3,(H,29,32);1H. The number of nitrogens with two attached hydrogens (primary N) is 1. The summed E-state index contributed by atoms with van der Waals surface area (Å²) in [6.07, 6.45) is 2.60. The van der Waals surface area contributed by atoms with Gasteiger partial charge in [0.15, 0.2) is 0 Å². The number of nitrogens with one attached hydrogen (secondary N) is 1. The molecule has 1 amide bonds. The van der Waals surface area contributed by atoms with Crippen molar-refractivity contribution in [3.8, 4) is 11.3 Å². The summed E-state index contributed by atoms with van der Waals surface area (Å²) in [5, 5.41) is 7.56. The van der Waals surface area contributed by atoms with Crippen LogP contribution in [0.25, 0.3) is 11.3 Å². The Labute approximate surface area is 216 Å². The van der Waals surface area contributed by atoms with Crippen LogP contribution in [0.4, 0.5) is 0 Å². The average molecular weight is 511 g/mol. The number of carbonyl (C=O) groups is 2. The van der Waals surface area contributed by atoms with E-state index in [-0.39, 0.29) is 42.4 Å². The predicted octanol–water partition coefficient (Wildman–Crippen LogP) is 3.30. The Kier molecular flexibility index (Phi) is 9.38. The molecular formula is C27H31ClN4O4. The van der Waals surface area contributed by atoms with Gasteiger partial charge in [0, 0.05) is 18.2 Å². The molecular weight excluding hydrogens is 480 g/mol. The zero-order valence-electron chi connectivity index (χ0n) is 20.2. The molecule has 2 aromatic carbocycles. The summed E-state index contributed by atoms with van der Waals surface area (Å²) in [5.74, 6) is -0.779. The fraction of sp³-hybridized carbons (Fsp3) is 0.333. The molecule has 1 heterocycles. The van der Waals surface area contributed by atoms with Crippen molar-refractivity contribution < 1.29 is 14.3 Å². The molecule has 3 aromatic rings. The second-order valence-corrected chi connectivity index (χ2v) is 8.84. The van der Waals surface area contributed by atoms with Crippen LogP contribution in [-0.4, -0.2) is 34.8 Å². The first-order chi connectivity index (χ1) is 17.0. The largest absolute Gasteiger partial charge is 0.469 e. The first-order valence-corrected chi connectivity index (χ1v) is 11.8. The molecule has 3 N–H and O–H groups in total. The molecule has 0 spiro atoms. The molecule has 0 atom stereocenters. The molecule has 190 valence electrons. The van der Waals surface area contributed by atoms with Crippen LogP contribution in [-0.2, 0) is 22.6 Å². The molecule has 1 aliphatic rings. The van der Waals surface area contributed by atoms with Gasteiger partial charge in [-0.1, -0.05) is 54.6 Å². The van der Waals surface area contributed by atoms with Crippen molar-refractivity contribution in [2.24, 2.45) is 11.7 Å². The molecule has 1 fully saturated rings. The summed E-state index contributed by atoms with van der Waals surface area (Å²) >= 11 is 0. The van der Waals surface area contributed by atoms with Gasteiger partial charge < -0.3 is 15.8 Å². The number of hydrogen-bond acceptors (Lipinski definition) is 6. The third-order valence-electron chi connectivity index (χ3n) is 6.48. The highest BCUT2D eigenvalue weighted by Crippen LogP contribution is 2.25. The fourth-order valence-electron chi connectivity index (χ4n) is 4.42. The Bertz CT molecular complexity index is 1240. The fourth-order valence-corrected chi connectivity index (χ4v) is 4.42. The van der Waals surface area contributed by atoms with Crippen molar-refractivity contribution in [3.63, 3.8) is 0 Å². The first-order valence-electron chi connectivity index (χ1n) is 11.8. The van der Waals surface area contributed by atoms with E-state index in [1.54, 1.807) is 6.07 Å². The van der Waals surface area contributed by atoms with E-state index in [4.69, 9.17) is 10.5 Å². The van der Waals surface area contributed by atoms with E-state index >= 15 is 0 Å². The number of esters is 1. The van der Waals surface area contributed by atoms with Crippen LogP contribution < -0.4 is 16.6 Å². The Morgan fingerprint density at radius 2 is 1.69 bits per heavy atom. The summed E-state index contributed by atoms with van der Waals surface area (Å²) < 4.78 is 6.18. The lowest BCUT2D eigenvalue weighted by Crippen LogP contribution is -2.42. The van der Waals surface area contributed by atoms with Gasteiger partial charge in [-0.05, 0) is 42.9 Å². The topological polar surface area (TPSA) is 116 Å². The van der Waals surface area contributed by atoms with Crippen LogP contribution in [0.2, 0.25) is 0 Å². The average Bonchev–Trinajstić information content (AvgIpc) is 2.90. The zero-order chi connectivity index (χ0) is 24.8. The van der Waals surface area contributed by atoms with Crippen molar-refractivity contribution in [1.82, 2.24) is 15.1 Å². The lowest BCUT2D eigenvalue weighted by atomic mass is 9.86. The lowest BCUT2D eigenvalue weighted by Gasteiger charge is -2.27. The highest BCUT2D eigenvalue weighted by Gasteiger charge is 2.28. The van der Waals surface area contributed by atoms with Crippen LogP contribution in [0.15, 0.2) is 65.5 Å². The highest BCUT2D eigenvalue weighted by molar-refractivity contribution is 5.95. The number of amides is 1. The lowest BCUT2D eigenvalue weighted by molar-refractivity contribution is -0.146. The van der Waals surface area contributed by atoms with Gasteiger partial charge >= 0.3 is 5.97 Å². The second kappa shape index (κ2) is 12.5. The summed E-state index contributed by atoms with van der Waals surface area (Å²) in [4.78, 5) is 38.3. The van der Waals surface area contributed by atoms with E-state index in [9.17, 15) is 14.4 Å². The summed E-state index contributed by atoms with van der Waals surface area (Å²) in [6.45, 7) is 0.673. The van der Waals surface area contributed by atoms with Gasteiger partial charge in [-0.3, -0.25) is 14.4 Å². The SMILES string of the molecule is COC(=O)C1CCC(NC(=O)c2cc(-c3ccc(CN)cc3)nn(Cc3ccccc3)c2=O)CC1.Cl. The maximum Gasteiger partial charge on any atom is 0.308 e. The van der Waals surface area contributed by atoms with E-state index in [0.29, 0.717) is 37.9 Å². The van der Waals surface area contributed by atoms with E-state index in [0.717, 1.165) is 16.7 Å². The van der Waals surface area contributed by atoms with Gasteiger partial charge in [0.2, 0.25) is 0 Å². The van der Waals surface area contributed by atoms with Crippen LogP contribution in [0.5, 0.6) is 0 Å². The van der Waals surface area contributed by atoms with Crippen LogP contribution in [0.3, 0.4) is 0 Å². The van der Waals surface area contributed by atoms with Crippen molar-refractivity contribution in [2.75, 3.05) is 7.11 Å². The number of ether oxygens (including phenoxy) is 1. The van der Waals surface area contributed by atoms with Crippen LogP contribution >= 0.6 is 12.4 Å². The molecule has 8 nitrogen and oxygen atoms in total. The van der Waals surface area contributed by atoms with Crippen LogP contribution in [0, 0.1) is 5.92 Å². The molecule has 0 unspecified atom stereocenters. The van der Waals surface area contributed by atoms with Crippen molar-refractivity contribution in [3.05, 3.63) is 87.7 Å². The molecule has 9 heteroatoms. The molecule has 0 radical (unpaired) electrons. The van der Waals surface area contributed by atoms with Gasteiger partial charge in [0.25, 0.3) is 11.5 Å². The predicted molar refractivity (Wildman–Crippen MR) is 140 cm³/mol. The number of nitrogens with zero attached hydrogens (tertiary/aromatic N) is 2. The molecule has 4 rings (SSSR count). The molecule has 36 heavy (non-hydrogen) atoms. The number of benzene rings is 2. The number of rotatable bonds is 7. The molecule has 1 saturated carbocycles. The normalized spacial score (nSPS) is 17.1. The highest BCUT2D eigenvalue weighted by atomic mass is 35.5.